The van der Waals surface area contributed by atoms with Gasteiger partial charge in [-0.25, -0.2) is 0 Å². The minimum atomic E-state index is -3.79. The van der Waals surface area contributed by atoms with Crippen molar-refractivity contribution in [2.24, 2.45) is 0 Å². The molecule has 0 saturated carbocycles. The van der Waals surface area contributed by atoms with E-state index < -0.39 is 41.3 Å². The molecule has 0 rings (SSSR count). The van der Waals surface area contributed by atoms with E-state index in [1.54, 1.807) is 0 Å². The molecule has 0 saturated heterocycles. The standard InChI is InChI=1S/La.4H2O.2O.Pb.Ti.Zr.2H/h;4*1H2;;;;;;;/q;;;;;;;;2*+2;;/p-4. The van der Waals surface area contributed by atoms with Gasteiger partial charge in [-0.15, -0.1) is 0 Å². The SMILES string of the molecule is [La].[O]=[Ti]([OH])[OH].[O]=[Zr]([OH])[OH].[PbH2]. The van der Waals surface area contributed by atoms with Crippen molar-refractivity contribution in [3.8, 4) is 0 Å². The fourth-order valence-electron chi connectivity index (χ4n) is 0. The van der Waals surface area contributed by atoms with Crippen molar-refractivity contribution in [3.05, 3.63) is 0 Å². The molecule has 0 atom stereocenters. The van der Waals surface area contributed by atoms with Gasteiger partial charge in [0.2, 0.25) is 0 Å². The molecule has 0 unspecified atom stereocenters. The maximum absolute atomic E-state index is 8.84. The predicted molar refractivity (Wildman–Crippen MR) is 18.8 cm³/mol. The van der Waals surface area contributed by atoms with Gasteiger partial charge in [-0.1, -0.05) is 0 Å². The molecule has 0 bridgehead atoms. The molecule has 0 amide bonds. The molecule has 0 fully saturated rings. The van der Waals surface area contributed by atoms with E-state index in [4.69, 9.17) is 19.9 Å². The Morgan fingerprint density at radius 2 is 1.20 bits per heavy atom. The topological polar surface area (TPSA) is 115 Å². The van der Waals surface area contributed by atoms with E-state index in [1.165, 1.54) is 0 Å². The van der Waals surface area contributed by atoms with E-state index in [1.807, 2.05) is 0 Å². The van der Waals surface area contributed by atoms with Crippen LogP contribution >= 0.6 is 0 Å². The Hall–Kier alpha value is 3.15. The molecule has 6 nitrogen and oxygen atoms in total. The summed E-state index contributed by atoms with van der Waals surface area (Å²) < 4.78 is 46.6. The quantitative estimate of drug-likeness (QED) is 0.220. The molecule has 10 heavy (non-hydrogen) atoms. The Bertz CT molecular complexity index is 75.7. The van der Waals surface area contributed by atoms with Gasteiger partial charge in [0.15, 0.2) is 0 Å². The Balaban J connectivity index is -0.0000000300. The van der Waals surface area contributed by atoms with E-state index >= 15 is 0 Å². The molecule has 0 aromatic carbocycles. The van der Waals surface area contributed by atoms with Crippen molar-refractivity contribution >= 4 is 27.3 Å². The normalized spacial score (nSPS) is 5.20. The van der Waals surface area contributed by atoms with E-state index in [9.17, 15) is 0 Å². The van der Waals surface area contributed by atoms with Gasteiger partial charge >= 0.3 is 88.4 Å². The minimum absolute atomic E-state index is 0. The summed E-state index contributed by atoms with van der Waals surface area (Å²) in [6.07, 6.45) is 0. The van der Waals surface area contributed by atoms with Crippen molar-refractivity contribution in [1.29, 1.82) is 0 Å². The fourth-order valence-corrected chi connectivity index (χ4v) is 0. The monoisotopic (exact) mass is 587 g/mol. The van der Waals surface area contributed by atoms with E-state index in [2.05, 4.69) is 0 Å². The van der Waals surface area contributed by atoms with E-state index in [-0.39, 0.29) is 62.9 Å². The summed E-state index contributed by atoms with van der Waals surface area (Å²) in [5.41, 5.74) is 0. The molecule has 0 aromatic rings. The van der Waals surface area contributed by atoms with Crippen LogP contribution in [0, 0.1) is 35.6 Å². The molecule has 0 aliphatic carbocycles. The van der Waals surface area contributed by atoms with Gasteiger partial charge in [0.1, 0.15) is 0 Å². The molecule has 10 heteroatoms. The molecule has 3 radical (unpaired) electrons. The summed E-state index contributed by atoms with van der Waals surface area (Å²) in [5.74, 6) is 0. The van der Waals surface area contributed by atoms with Gasteiger partial charge < -0.3 is 0 Å². The zero-order chi connectivity index (χ0) is 7.15. The molecule has 0 aliphatic heterocycles. The van der Waals surface area contributed by atoms with Crippen LogP contribution in [0.25, 0.3) is 0 Å². The molecule has 57 valence electrons. The van der Waals surface area contributed by atoms with Crippen molar-refractivity contribution in [2.45, 2.75) is 0 Å². The Morgan fingerprint density at radius 1 is 1.20 bits per heavy atom. The van der Waals surface area contributed by atoms with Gasteiger partial charge in [0.05, 0.1) is 0 Å². The van der Waals surface area contributed by atoms with Crippen LogP contribution in [0.3, 0.4) is 0 Å². The van der Waals surface area contributed by atoms with Crippen molar-refractivity contribution < 1.29 is 96.7 Å². The Kier molecular flexibility index (Phi) is 41.8. The first-order chi connectivity index (χ1) is 3.46. The average Bonchev–Trinajstić information content (AvgIpc) is 1.25. The van der Waals surface area contributed by atoms with Gasteiger partial charge in [-0.2, -0.15) is 0 Å². The number of hydrogen-bond donors (Lipinski definition) is 4. The fraction of sp³-hybridized carbons (Fsp3) is 0. The molecule has 0 heterocycles. The summed E-state index contributed by atoms with van der Waals surface area (Å²) in [6, 6.07) is 0. The van der Waals surface area contributed by atoms with E-state index in [0.717, 1.165) is 0 Å². The summed E-state index contributed by atoms with van der Waals surface area (Å²) in [6.45, 7) is 0. The van der Waals surface area contributed by atoms with Crippen LogP contribution in [0.15, 0.2) is 0 Å². The van der Waals surface area contributed by atoms with Gasteiger partial charge in [0.25, 0.3) is 0 Å². The van der Waals surface area contributed by atoms with Gasteiger partial charge in [-0.3, -0.25) is 0 Å². The van der Waals surface area contributed by atoms with Crippen LogP contribution in [-0.2, 0) is 47.4 Å². The van der Waals surface area contributed by atoms with Crippen LogP contribution < -0.4 is 0 Å². The number of hydrogen-bond acceptors (Lipinski definition) is 2. The second kappa shape index (κ2) is 18.0. The second-order valence-corrected chi connectivity index (χ2v) is 2.84. The van der Waals surface area contributed by atoms with Crippen LogP contribution in [0.4, 0.5) is 0 Å². The first kappa shape index (κ1) is 23.2. The predicted octanol–water partition coefficient (Wildman–Crippen LogP) is -3.39. The molecule has 0 spiro atoms. The van der Waals surface area contributed by atoms with E-state index in [0.29, 0.717) is 0 Å². The van der Waals surface area contributed by atoms with Gasteiger partial charge in [-0.05, 0) is 0 Å². The third-order valence-electron chi connectivity index (χ3n) is 0. The average molecular weight is 587 g/mol. The second-order valence-electron chi connectivity index (χ2n) is 0.565. The first-order valence-electron chi connectivity index (χ1n) is 1.30. The molecular weight excluding hydrogens is 581 g/mol. The third kappa shape index (κ3) is 116. The van der Waals surface area contributed by atoms with Crippen molar-refractivity contribution in [1.82, 2.24) is 0 Å². The molecule has 0 aromatic heterocycles. The first-order valence-corrected chi connectivity index (χ1v) is 6.54. The zero-order valence-electron chi connectivity index (χ0n) is 4.89. The number of rotatable bonds is 0. The van der Waals surface area contributed by atoms with Crippen molar-refractivity contribution in [3.63, 3.8) is 0 Å². The Morgan fingerprint density at radius 3 is 1.20 bits per heavy atom. The summed E-state index contributed by atoms with van der Waals surface area (Å²) in [5, 5.41) is 0. The molecular formula is H6LaO6PbTiZr. The van der Waals surface area contributed by atoms with Crippen LogP contribution in [0.2, 0.25) is 0 Å². The Labute approximate surface area is 121 Å². The van der Waals surface area contributed by atoms with Gasteiger partial charge in [0, 0.05) is 35.6 Å². The molecule has 0 aliphatic rings. The summed E-state index contributed by atoms with van der Waals surface area (Å²) >= 11 is -7.38. The summed E-state index contributed by atoms with van der Waals surface area (Å²) in [7, 11) is 0. The van der Waals surface area contributed by atoms with Crippen LogP contribution in [0.5, 0.6) is 0 Å². The maximum atomic E-state index is 8.84. The van der Waals surface area contributed by atoms with Crippen LogP contribution in [0.1, 0.15) is 0 Å². The molecule has 4 N–H and O–H groups in total. The van der Waals surface area contributed by atoms with Crippen molar-refractivity contribution in [2.75, 3.05) is 0 Å². The zero-order valence-corrected chi connectivity index (χ0v) is 18.0. The third-order valence-corrected chi connectivity index (χ3v) is 0. The van der Waals surface area contributed by atoms with Crippen LogP contribution in [-0.4, -0.2) is 41.0 Å². The summed E-state index contributed by atoms with van der Waals surface area (Å²) in [4.78, 5) is 0.